The molecule has 36 heavy (non-hydrogen) atoms. The molecule has 0 spiro atoms. The topological polar surface area (TPSA) is 62.3 Å². The molecule has 4 rings (SSSR count). The van der Waals surface area contributed by atoms with Gasteiger partial charge in [-0.15, -0.1) is 0 Å². The predicted octanol–water partition coefficient (Wildman–Crippen LogP) is 5.50. The summed E-state index contributed by atoms with van der Waals surface area (Å²) in [6, 6.07) is 24.9. The van der Waals surface area contributed by atoms with Crippen LogP contribution in [0.5, 0.6) is 0 Å². The molecule has 1 N–H and O–H groups in total. The fraction of sp³-hybridized carbons (Fsp3) is 0.138. The Balaban J connectivity index is 1.67. The highest BCUT2D eigenvalue weighted by Crippen LogP contribution is 2.25. The van der Waals surface area contributed by atoms with Crippen molar-refractivity contribution in [2.75, 3.05) is 0 Å². The Morgan fingerprint density at radius 2 is 1.56 bits per heavy atom. The summed E-state index contributed by atoms with van der Waals surface area (Å²) >= 11 is 6.00. The highest BCUT2D eigenvalue weighted by Gasteiger charge is 2.31. The van der Waals surface area contributed by atoms with Crippen LogP contribution in [0, 0.1) is 5.82 Å². The van der Waals surface area contributed by atoms with Crippen LogP contribution in [0.25, 0.3) is 0 Å². The molecule has 0 radical (unpaired) electrons. The van der Waals surface area contributed by atoms with E-state index >= 15 is 0 Å². The van der Waals surface area contributed by atoms with E-state index in [1.165, 1.54) is 17.0 Å². The van der Waals surface area contributed by atoms with Crippen molar-refractivity contribution in [1.82, 2.24) is 15.2 Å². The molecule has 0 saturated carbocycles. The molecule has 0 aliphatic heterocycles. The molecule has 0 aliphatic carbocycles. The molecule has 0 aliphatic rings. The van der Waals surface area contributed by atoms with Crippen molar-refractivity contribution in [3.05, 3.63) is 136 Å². The molecule has 7 heteroatoms. The van der Waals surface area contributed by atoms with E-state index in [4.69, 9.17) is 11.6 Å². The third-order valence-electron chi connectivity index (χ3n) is 5.72. The molecule has 0 unspecified atom stereocenters. The maximum atomic E-state index is 13.7. The van der Waals surface area contributed by atoms with Gasteiger partial charge in [-0.25, -0.2) is 4.39 Å². The number of carbonyl (C=O) groups is 2. The fourth-order valence-corrected chi connectivity index (χ4v) is 4.01. The number of pyridine rings is 1. The van der Waals surface area contributed by atoms with Crippen LogP contribution in [0.15, 0.2) is 103 Å². The van der Waals surface area contributed by atoms with Gasteiger partial charge < -0.3 is 10.2 Å². The third kappa shape index (κ3) is 6.77. The van der Waals surface area contributed by atoms with E-state index in [-0.39, 0.29) is 37.1 Å². The molecular formula is C29H25ClFN3O2. The van der Waals surface area contributed by atoms with Crippen molar-refractivity contribution in [1.29, 1.82) is 0 Å². The second-order valence-electron chi connectivity index (χ2n) is 8.34. The van der Waals surface area contributed by atoms with Crippen LogP contribution in [0.1, 0.15) is 28.3 Å². The van der Waals surface area contributed by atoms with Crippen LogP contribution >= 0.6 is 11.6 Å². The predicted molar refractivity (Wildman–Crippen MR) is 137 cm³/mol. The SMILES string of the molecule is O=C(NCc1cccnc1)[C@@H](c1ccccc1)N(Cc1ccc(F)cc1)C(=O)Cc1ccc(Cl)cc1. The zero-order valence-electron chi connectivity index (χ0n) is 19.5. The third-order valence-corrected chi connectivity index (χ3v) is 5.97. The minimum atomic E-state index is -0.896. The lowest BCUT2D eigenvalue weighted by Crippen LogP contribution is -2.43. The molecule has 4 aromatic rings. The average Bonchev–Trinajstić information content (AvgIpc) is 2.91. The minimum Gasteiger partial charge on any atom is -0.350 e. The fourth-order valence-electron chi connectivity index (χ4n) is 3.89. The van der Waals surface area contributed by atoms with Crippen molar-refractivity contribution in [3.8, 4) is 0 Å². The van der Waals surface area contributed by atoms with Crippen LogP contribution < -0.4 is 5.32 Å². The Labute approximate surface area is 214 Å². The Bertz CT molecular complexity index is 1280. The summed E-state index contributed by atoms with van der Waals surface area (Å²) in [6.07, 6.45) is 3.43. The van der Waals surface area contributed by atoms with Crippen LogP contribution in [-0.4, -0.2) is 21.7 Å². The molecule has 1 heterocycles. The number of nitrogens with one attached hydrogen (secondary N) is 1. The standard InChI is InChI=1S/C29H25ClFN3O2/c30-25-12-8-21(9-13-25)17-27(35)34(20-22-10-14-26(31)15-11-22)28(24-6-2-1-3-7-24)29(36)33-19-23-5-4-16-32-18-23/h1-16,18,28H,17,19-20H2,(H,33,36)/t28-/m1/s1. The van der Waals surface area contributed by atoms with Crippen molar-refractivity contribution >= 4 is 23.4 Å². The summed E-state index contributed by atoms with van der Waals surface area (Å²) in [4.78, 5) is 32.9. The van der Waals surface area contributed by atoms with Gasteiger partial charge in [0.25, 0.3) is 0 Å². The number of carbonyl (C=O) groups excluding carboxylic acids is 2. The minimum absolute atomic E-state index is 0.0809. The summed E-state index contributed by atoms with van der Waals surface area (Å²) in [5.41, 5.74) is 3.00. The zero-order valence-corrected chi connectivity index (χ0v) is 20.2. The van der Waals surface area contributed by atoms with Gasteiger partial charge in [0.15, 0.2) is 0 Å². The molecular weight excluding hydrogens is 477 g/mol. The van der Waals surface area contributed by atoms with Crippen LogP contribution in [-0.2, 0) is 29.1 Å². The first-order chi connectivity index (χ1) is 17.5. The van der Waals surface area contributed by atoms with Gasteiger partial charge in [-0.3, -0.25) is 14.6 Å². The molecule has 182 valence electrons. The quantitative estimate of drug-likeness (QED) is 0.329. The largest absolute Gasteiger partial charge is 0.350 e. The Morgan fingerprint density at radius 3 is 2.22 bits per heavy atom. The van der Waals surface area contributed by atoms with E-state index in [0.717, 1.165) is 11.1 Å². The van der Waals surface area contributed by atoms with Gasteiger partial charge in [-0.2, -0.15) is 0 Å². The maximum absolute atomic E-state index is 13.7. The molecule has 1 aromatic heterocycles. The van der Waals surface area contributed by atoms with E-state index in [9.17, 15) is 14.0 Å². The number of aromatic nitrogens is 1. The Morgan fingerprint density at radius 1 is 0.861 bits per heavy atom. The van der Waals surface area contributed by atoms with Gasteiger partial charge in [0.2, 0.25) is 11.8 Å². The number of amides is 2. The van der Waals surface area contributed by atoms with Crippen LogP contribution in [0.2, 0.25) is 5.02 Å². The second kappa shape index (κ2) is 12.1. The lowest BCUT2D eigenvalue weighted by molar-refractivity contribution is -0.141. The van der Waals surface area contributed by atoms with E-state index in [2.05, 4.69) is 10.3 Å². The number of nitrogens with zero attached hydrogens (tertiary/aromatic N) is 2. The molecule has 5 nitrogen and oxygen atoms in total. The highest BCUT2D eigenvalue weighted by atomic mass is 35.5. The first-order valence-corrected chi connectivity index (χ1v) is 11.9. The first kappa shape index (κ1) is 25.1. The normalized spacial score (nSPS) is 11.5. The summed E-state index contributed by atoms with van der Waals surface area (Å²) in [5.74, 6) is -0.935. The van der Waals surface area contributed by atoms with Crippen LogP contribution in [0.3, 0.4) is 0 Å². The second-order valence-corrected chi connectivity index (χ2v) is 8.78. The molecule has 2 amide bonds. The van der Waals surface area contributed by atoms with Crippen molar-refractivity contribution in [2.24, 2.45) is 0 Å². The van der Waals surface area contributed by atoms with Crippen molar-refractivity contribution in [3.63, 3.8) is 0 Å². The highest BCUT2D eigenvalue weighted by molar-refractivity contribution is 6.30. The lowest BCUT2D eigenvalue weighted by Gasteiger charge is -2.32. The summed E-state index contributed by atoms with van der Waals surface area (Å²) in [7, 11) is 0. The Kier molecular flexibility index (Phi) is 8.42. The van der Waals surface area contributed by atoms with Gasteiger partial charge >= 0.3 is 0 Å². The molecule has 0 saturated heterocycles. The summed E-state index contributed by atoms with van der Waals surface area (Å²) in [5, 5.41) is 3.52. The van der Waals surface area contributed by atoms with Crippen molar-refractivity contribution < 1.29 is 14.0 Å². The van der Waals surface area contributed by atoms with Gasteiger partial charge in [0, 0.05) is 30.5 Å². The Hall–Kier alpha value is -4.03. The average molecular weight is 502 g/mol. The van der Waals surface area contributed by atoms with E-state index in [1.54, 1.807) is 54.9 Å². The van der Waals surface area contributed by atoms with Gasteiger partial charge in [0.05, 0.1) is 6.42 Å². The molecule has 0 fully saturated rings. The first-order valence-electron chi connectivity index (χ1n) is 11.5. The number of benzene rings is 3. The number of hydrogen-bond donors (Lipinski definition) is 1. The lowest BCUT2D eigenvalue weighted by atomic mass is 10.0. The van der Waals surface area contributed by atoms with Crippen LogP contribution in [0.4, 0.5) is 4.39 Å². The molecule has 3 aromatic carbocycles. The smallest absolute Gasteiger partial charge is 0.247 e. The monoisotopic (exact) mass is 501 g/mol. The number of halogens is 2. The number of rotatable bonds is 9. The zero-order chi connectivity index (χ0) is 25.3. The van der Waals surface area contributed by atoms with E-state index < -0.39 is 6.04 Å². The number of hydrogen-bond acceptors (Lipinski definition) is 3. The maximum Gasteiger partial charge on any atom is 0.247 e. The summed E-state index contributed by atoms with van der Waals surface area (Å²) in [6.45, 7) is 0.401. The van der Waals surface area contributed by atoms with Gasteiger partial charge in [-0.05, 0) is 52.6 Å². The molecule has 0 bridgehead atoms. The van der Waals surface area contributed by atoms with Gasteiger partial charge in [0.1, 0.15) is 11.9 Å². The van der Waals surface area contributed by atoms with E-state index in [0.29, 0.717) is 16.1 Å². The van der Waals surface area contributed by atoms with Crippen molar-refractivity contribution in [2.45, 2.75) is 25.6 Å². The molecule has 1 atom stereocenters. The van der Waals surface area contributed by atoms with E-state index in [1.807, 2.05) is 36.4 Å². The van der Waals surface area contributed by atoms with Gasteiger partial charge in [-0.1, -0.05) is 72.3 Å². The summed E-state index contributed by atoms with van der Waals surface area (Å²) < 4.78 is 13.6.